The maximum atomic E-state index is 11.3. The molecule has 0 radical (unpaired) electrons. The summed E-state index contributed by atoms with van der Waals surface area (Å²) in [5.74, 6) is -0.460. The summed E-state index contributed by atoms with van der Waals surface area (Å²) in [4.78, 5) is 15.1. The predicted molar refractivity (Wildman–Crippen MR) is 47.8 cm³/mol. The second kappa shape index (κ2) is 3.53. The smallest absolute Gasteiger partial charge is 0.330 e. The third-order valence-electron chi connectivity index (χ3n) is 1.89. The summed E-state index contributed by atoms with van der Waals surface area (Å²) in [5.41, 5.74) is 5.38. The summed E-state index contributed by atoms with van der Waals surface area (Å²) < 4.78 is 4.59. The van der Waals surface area contributed by atoms with Crippen molar-refractivity contribution < 1.29 is 9.53 Å². The summed E-state index contributed by atoms with van der Waals surface area (Å²) in [6, 6.07) is 3.38. The van der Waals surface area contributed by atoms with Crippen molar-refractivity contribution in [3.8, 4) is 0 Å². The third kappa shape index (κ3) is 1.84. The molecule has 4 nitrogen and oxygen atoms in total. The molecule has 0 aliphatic rings. The fourth-order valence-electron chi connectivity index (χ4n) is 1.03. The summed E-state index contributed by atoms with van der Waals surface area (Å²) in [6.07, 6.45) is 3.17. The van der Waals surface area contributed by atoms with E-state index in [0.29, 0.717) is 5.56 Å². The quantitative estimate of drug-likeness (QED) is 0.670. The SMILES string of the molecule is COC(=O)[C@](C)(N)c1ccncc1. The molecule has 0 amide bonds. The number of ether oxygens (including phenoxy) is 1. The van der Waals surface area contributed by atoms with E-state index in [1.165, 1.54) is 7.11 Å². The van der Waals surface area contributed by atoms with Crippen molar-refractivity contribution in [1.29, 1.82) is 0 Å². The number of hydrogen-bond donors (Lipinski definition) is 1. The van der Waals surface area contributed by atoms with Crippen molar-refractivity contribution >= 4 is 5.97 Å². The fraction of sp³-hybridized carbons (Fsp3) is 0.333. The number of rotatable bonds is 2. The topological polar surface area (TPSA) is 65.2 Å². The summed E-state index contributed by atoms with van der Waals surface area (Å²) in [5, 5.41) is 0. The van der Waals surface area contributed by atoms with E-state index in [2.05, 4.69) is 9.72 Å². The fourth-order valence-corrected chi connectivity index (χ4v) is 1.03. The number of nitrogens with two attached hydrogens (primary N) is 1. The molecule has 0 aliphatic carbocycles. The Balaban J connectivity index is 3.00. The minimum absolute atomic E-state index is 0.460. The van der Waals surface area contributed by atoms with E-state index in [0.717, 1.165) is 0 Å². The number of carbonyl (C=O) groups excluding carboxylic acids is 1. The first-order valence-electron chi connectivity index (χ1n) is 3.87. The highest BCUT2D eigenvalue weighted by Crippen LogP contribution is 2.17. The molecule has 1 rings (SSSR count). The summed E-state index contributed by atoms with van der Waals surface area (Å²) in [6.45, 7) is 1.61. The molecule has 1 heterocycles. The van der Waals surface area contributed by atoms with Crippen LogP contribution in [-0.4, -0.2) is 18.1 Å². The van der Waals surface area contributed by atoms with Crippen molar-refractivity contribution in [3.05, 3.63) is 30.1 Å². The van der Waals surface area contributed by atoms with Crippen LogP contribution in [0.2, 0.25) is 0 Å². The lowest BCUT2D eigenvalue weighted by molar-refractivity contribution is -0.146. The van der Waals surface area contributed by atoms with Crippen LogP contribution in [0.4, 0.5) is 0 Å². The summed E-state index contributed by atoms with van der Waals surface area (Å²) >= 11 is 0. The van der Waals surface area contributed by atoms with Gasteiger partial charge >= 0.3 is 5.97 Å². The Kier molecular flexibility index (Phi) is 2.63. The molecule has 70 valence electrons. The number of esters is 1. The highest BCUT2D eigenvalue weighted by Gasteiger charge is 2.31. The van der Waals surface area contributed by atoms with Crippen LogP contribution in [0.1, 0.15) is 12.5 Å². The Morgan fingerprint density at radius 2 is 2.08 bits per heavy atom. The van der Waals surface area contributed by atoms with Gasteiger partial charge < -0.3 is 10.5 Å². The normalized spacial score (nSPS) is 14.7. The molecule has 2 N–H and O–H groups in total. The zero-order valence-electron chi connectivity index (χ0n) is 7.65. The molecule has 0 aromatic carbocycles. The first-order valence-corrected chi connectivity index (χ1v) is 3.87. The monoisotopic (exact) mass is 180 g/mol. The van der Waals surface area contributed by atoms with Gasteiger partial charge in [0.15, 0.2) is 0 Å². The average molecular weight is 180 g/mol. The minimum Gasteiger partial charge on any atom is -0.467 e. The Bertz CT molecular complexity index is 296. The van der Waals surface area contributed by atoms with Gasteiger partial charge in [0.05, 0.1) is 7.11 Å². The number of methoxy groups -OCH3 is 1. The number of nitrogens with zero attached hydrogens (tertiary/aromatic N) is 1. The summed E-state index contributed by atoms with van der Waals surface area (Å²) in [7, 11) is 1.31. The molecule has 0 saturated heterocycles. The lowest BCUT2D eigenvalue weighted by Gasteiger charge is -2.21. The Labute approximate surface area is 76.7 Å². The predicted octanol–water partition coefficient (Wildman–Crippen LogP) is 0.428. The van der Waals surface area contributed by atoms with Gasteiger partial charge in [-0.1, -0.05) is 0 Å². The van der Waals surface area contributed by atoms with Crippen LogP contribution in [-0.2, 0) is 15.1 Å². The van der Waals surface area contributed by atoms with Crippen molar-refractivity contribution in [3.63, 3.8) is 0 Å². The Morgan fingerprint density at radius 1 is 1.54 bits per heavy atom. The van der Waals surface area contributed by atoms with Crippen LogP contribution >= 0.6 is 0 Å². The molecule has 0 fully saturated rings. The molecule has 1 atom stereocenters. The molecular formula is C9H12N2O2. The van der Waals surface area contributed by atoms with Gasteiger partial charge in [0.1, 0.15) is 5.54 Å². The number of carbonyl (C=O) groups is 1. The van der Waals surface area contributed by atoms with Crippen molar-refractivity contribution in [2.75, 3.05) is 7.11 Å². The first kappa shape index (κ1) is 9.67. The van der Waals surface area contributed by atoms with Gasteiger partial charge in [-0.15, -0.1) is 0 Å². The highest BCUT2D eigenvalue weighted by molar-refractivity contribution is 5.81. The van der Waals surface area contributed by atoms with E-state index in [9.17, 15) is 4.79 Å². The first-order chi connectivity index (χ1) is 6.09. The molecule has 0 saturated carbocycles. The van der Waals surface area contributed by atoms with Gasteiger partial charge in [-0.25, -0.2) is 4.79 Å². The van der Waals surface area contributed by atoms with Crippen molar-refractivity contribution in [2.24, 2.45) is 5.73 Å². The van der Waals surface area contributed by atoms with Crippen LogP contribution in [0.3, 0.4) is 0 Å². The molecule has 0 aliphatic heterocycles. The Hall–Kier alpha value is -1.42. The van der Waals surface area contributed by atoms with Crippen LogP contribution in [0.5, 0.6) is 0 Å². The van der Waals surface area contributed by atoms with E-state index in [1.807, 2.05) is 0 Å². The molecule has 0 bridgehead atoms. The maximum absolute atomic E-state index is 11.3. The molecule has 1 aromatic rings. The largest absolute Gasteiger partial charge is 0.467 e. The number of aromatic nitrogens is 1. The Morgan fingerprint density at radius 3 is 2.54 bits per heavy atom. The minimum atomic E-state index is -1.10. The lowest BCUT2D eigenvalue weighted by Crippen LogP contribution is -2.42. The van der Waals surface area contributed by atoms with Gasteiger partial charge in [0.25, 0.3) is 0 Å². The maximum Gasteiger partial charge on any atom is 0.330 e. The zero-order valence-corrected chi connectivity index (χ0v) is 7.65. The second-order valence-electron chi connectivity index (χ2n) is 2.93. The van der Waals surface area contributed by atoms with E-state index in [4.69, 9.17) is 5.73 Å². The van der Waals surface area contributed by atoms with E-state index < -0.39 is 11.5 Å². The molecule has 0 unspecified atom stereocenters. The lowest BCUT2D eigenvalue weighted by atomic mass is 9.94. The molecular weight excluding hydrogens is 168 g/mol. The molecule has 4 heteroatoms. The van der Waals surface area contributed by atoms with Crippen molar-refractivity contribution in [2.45, 2.75) is 12.5 Å². The number of pyridine rings is 1. The van der Waals surface area contributed by atoms with Gasteiger partial charge in [0, 0.05) is 12.4 Å². The van der Waals surface area contributed by atoms with Crippen LogP contribution in [0, 0.1) is 0 Å². The van der Waals surface area contributed by atoms with Crippen LogP contribution < -0.4 is 5.73 Å². The average Bonchev–Trinajstić information content (AvgIpc) is 2.18. The van der Waals surface area contributed by atoms with Gasteiger partial charge in [0.2, 0.25) is 0 Å². The highest BCUT2D eigenvalue weighted by atomic mass is 16.5. The second-order valence-corrected chi connectivity index (χ2v) is 2.93. The zero-order chi connectivity index (χ0) is 9.90. The van der Waals surface area contributed by atoms with Gasteiger partial charge in [-0.05, 0) is 24.6 Å². The van der Waals surface area contributed by atoms with E-state index in [1.54, 1.807) is 31.5 Å². The molecule has 0 spiro atoms. The van der Waals surface area contributed by atoms with Crippen LogP contribution in [0.25, 0.3) is 0 Å². The van der Waals surface area contributed by atoms with Gasteiger partial charge in [-0.3, -0.25) is 4.98 Å². The third-order valence-corrected chi connectivity index (χ3v) is 1.89. The molecule has 1 aromatic heterocycles. The number of hydrogen-bond acceptors (Lipinski definition) is 4. The van der Waals surface area contributed by atoms with Gasteiger partial charge in [-0.2, -0.15) is 0 Å². The van der Waals surface area contributed by atoms with E-state index >= 15 is 0 Å². The van der Waals surface area contributed by atoms with Crippen molar-refractivity contribution in [1.82, 2.24) is 4.98 Å². The molecule has 13 heavy (non-hydrogen) atoms. The standard InChI is InChI=1S/C9H12N2O2/c1-9(10,8(12)13-2)7-3-5-11-6-4-7/h3-6H,10H2,1-2H3/t9-/m1/s1. The van der Waals surface area contributed by atoms with Crippen LogP contribution in [0.15, 0.2) is 24.5 Å². The van der Waals surface area contributed by atoms with E-state index in [-0.39, 0.29) is 0 Å².